The Balaban J connectivity index is 3.29. The van der Waals surface area contributed by atoms with Crippen molar-refractivity contribution in [1.29, 1.82) is 0 Å². The Hall–Kier alpha value is -1.37. The Kier molecular flexibility index (Phi) is 5.11. The summed E-state index contributed by atoms with van der Waals surface area (Å²) in [5, 5.41) is 2.25. The monoisotopic (exact) mass is 283 g/mol. The minimum absolute atomic E-state index is 0.0205. The van der Waals surface area contributed by atoms with Crippen LogP contribution in [-0.2, 0) is 0 Å². The average Bonchev–Trinajstić information content (AvgIpc) is 2.35. The molecule has 0 bridgehead atoms. The molecule has 0 amide bonds. The maximum atomic E-state index is 13.5. The minimum atomic E-state index is -4.34. The molecule has 0 saturated heterocycles. The molecule has 0 aliphatic heterocycles. The first-order chi connectivity index (χ1) is 8.84. The van der Waals surface area contributed by atoms with Crippen LogP contribution in [0.25, 0.3) is 0 Å². The van der Waals surface area contributed by atoms with E-state index in [2.05, 4.69) is 5.32 Å². The lowest BCUT2D eigenvalue weighted by molar-refractivity contribution is -0.151. The molecule has 19 heavy (non-hydrogen) atoms. The van der Waals surface area contributed by atoms with Crippen molar-refractivity contribution >= 4 is 0 Å². The van der Waals surface area contributed by atoms with E-state index in [0.717, 1.165) is 18.2 Å². The SMILES string of the molecule is CCNC(c1cc(F)ccc1OC)C(F)(F)C(F)F. The third-order valence-corrected chi connectivity index (χ3v) is 2.59. The van der Waals surface area contributed by atoms with Gasteiger partial charge in [0, 0.05) is 5.56 Å². The van der Waals surface area contributed by atoms with Gasteiger partial charge in [-0.2, -0.15) is 8.78 Å². The molecule has 0 aliphatic rings. The fraction of sp³-hybridized carbons (Fsp3) is 0.500. The zero-order chi connectivity index (χ0) is 14.6. The highest BCUT2D eigenvalue weighted by atomic mass is 19.3. The van der Waals surface area contributed by atoms with Gasteiger partial charge in [-0.1, -0.05) is 6.92 Å². The summed E-state index contributed by atoms with van der Waals surface area (Å²) in [4.78, 5) is 0. The topological polar surface area (TPSA) is 21.3 Å². The fourth-order valence-electron chi connectivity index (χ4n) is 1.71. The molecule has 108 valence electrons. The Morgan fingerprint density at radius 1 is 1.32 bits per heavy atom. The Bertz CT molecular complexity index is 425. The third kappa shape index (κ3) is 3.34. The van der Waals surface area contributed by atoms with Gasteiger partial charge in [0.1, 0.15) is 17.6 Å². The number of hydrogen-bond acceptors (Lipinski definition) is 2. The molecule has 1 aromatic rings. The molecule has 0 fully saturated rings. The normalized spacial score (nSPS) is 13.7. The predicted octanol–water partition coefficient (Wildman–Crippen LogP) is 3.39. The van der Waals surface area contributed by atoms with Crippen molar-refractivity contribution in [2.75, 3.05) is 13.7 Å². The number of rotatable bonds is 6. The Labute approximate surface area is 107 Å². The molecule has 0 saturated carbocycles. The van der Waals surface area contributed by atoms with Crippen LogP contribution >= 0.6 is 0 Å². The maximum Gasteiger partial charge on any atom is 0.326 e. The van der Waals surface area contributed by atoms with Crippen LogP contribution in [0.2, 0.25) is 0 Å². The molecule has 0 radical (unpaired) electrons. The van der Waals surface area contributed by atoms with Crippen LogP contribution in [0.15, 0.2) is 18.2 Å². The predicted molar refractivity (Wildman–Crippen MR) is 60.3 cm³/mol. The van der Waals surface area contributed by atoms with E-state index in [1.165, 1.54) is 14.0 Å². The van der Waals surface area contributed by atoms with Crippen molar-refractivity contribution in [3.63, 3.8) is 0 Å². The van der Waals surface area contributed by atoms with Crippen LogP contribution in [0.4, 0.5) is 22.0 Å². The number of methoxy groups -OCH3 is 1. The molecule has 1 aromatic carbocycles. The highest BCUT2D eigenvalue weighted by Crippen LogP contribution is 2.40. The third-order valence-electron chi connectivity index (χ3n) is 2.59. The molecule has 7 heteroatoms. The molecule has 1 rings (SSSR count). The van der Waals surface area contributed by atoms with E-state index in [1.807, 2.05) is 0 Å². The largest absolute Gasteiger partial charge is 0.496 e. The summed E-state index contributed by atoms with van der Waals surface area (Å²) in [6.07, 6.45) is -3.87. The zero-order valence-corrected chi connectivity index (χ0v) is 10.4. The van der Waals surface area contributed by atoms with Crippen molar-refractivity contribution in [1.82, 2.24) is 5.32 Å². The van der Waals surface area contributed by atoms with Gasteiger partial charge in [0.2, 0.25) is 0 Å². The number of nitrogens with one attached hydrogen (secondary N) is 1. The van der Waals surface area contributed by atoms with Gasteiger partial charge in [-0.3, -0.25) is 0 Å². The minimum Gasteiger partial charge on any atom is -0.496 e. The Morgan fingerprint density at radius 3 is 2.42 bits per heavy atom. The molecule has 0 spiro atoms. The van der Waals surface area contributed by atoms with E-state index in [4.69, 9.17) is 4.74 Å². The van der Waals surface area contributed by atoms with Crippen LogP contribution in [0.5, 0.6) is 5.75 Å². The second kappa shape index (κ2) is 6.18. The van der Waals surface area contributed by atoms with Gasteiger partial charge in [-0.25, -0.2) is 13.2 Å². The van der Waals surface area contributed by atoms with Gasteiger partial charge in [-0.15, -0.1) is 0 Å². The quantitative estimate of drug-likeness (QED) is 0.808. The molecular weight excluding hydrogens is 269 g/mol. The summed E-state index contributed by atoms with van der Waals surface area (Å²) in [5.41, 5.74) is -0.338. The van der Waals surface area contributed by atoms with Gasteiger partial charge in [-0.05, 0) is 24.7 Å². The lowest BCUT2D eigenvalue weighted by Crippen LogP contribution is -2.42. The van der Waals surface area contributed by atoms with Crippen LogP contribution in [0.1, 0.15) is 18.5 Å². The van der Waals surface area contributed by atoms with Gasteiger partial charge >= 0.3 is 12.3 Å². The van der Waals surface area contributed by atoms with E-state index in [1.54, 1.807) is 0 Å². The summed E-state index contributed by atoms with van der Waals surface area (Å²) in [6, 6.07) is 0.869. The fourth-order valence-corrected chi connectivity index (χ4v) is 1.71. The van der Waals surface area contributed by atoms with Crippen LogP contribution < -0.4 is 10.1 Å². The van der Waals surface area contributed by atoms with Crippen LogP contribution in [0.3, 0.4) is 0 Å². The highest BCUT2D eigenvalue weighted by Gasteiger charge is 2.50. The molecule has 0 aromatic heterocycles. The van der Waals surface area contributed by atoms with E-state index in [9.17, 15) is 22.0 Å². The summed E-state index contributed by atoms with van der Waals surface area (Å²) in [5.74, 6) is -5.21. The highest BCUT2D eigenvalue weighted by molar-refractivity contribution is 5.38. The van der Waals surface area contributed by atoms with Gasteiger partial charge < -0.3 is 10.1 Å². The smallest absolute Gasteiger partial charge is 0.326 e. The first-order valence-electron chi connectivity index (χ1n) is 5.57. The number of ether oxygens (including phenoxy) is 1. The number of alkyl halides is 4. The molecule has 2 nitrogen and oxygen atoms in total. The van der Waals surface area contributed by atoms with E-state index < -0.39 is 24.2 Å². The van der Waals surface area contributed by atoms with Crippen molar-refractivity contribution in [2.45, 2.75) is 25.3 Å². The van der Waals surface area contributed by atoms with Crippen LogP contribution in [-0.4, -0.2) is 26.0 Å². The van der Waals surface area contributed by atoms with Gasteiger partial charge in [0.05, 0.1) is 7.11 Å². The lowest BCUT2D eigenvalue weighted by atomic mass is 9.99. The maximum absolute atomic E-state index is 13.5. The van der Waals surface area contributed by atoms with E-state index in [-0.39, 0.29) is 17.9 Å². The van der Waals surface area contributed by atoms with Crippen molar-refractivity contribution in [3.05, 3.63) is 29.6 Å². The lowest BCUT2D eigenvalue weighted by Gasteiger charge is -2.28. The zero-order valence-electron chi connectivity index (χ0n) is 10.4. The Morgan fingerprint density at radius 2 is 1.95 bits per heavy atom. The summed E-state index contributed by atoms with van der Waals surface area (Å²) in [6.45, 7) is 1.51. The van der Waals surface area contributed by atoms with Gasteiger partial charge in [0.15, 0.2) is 0 Å². The standard InChI is InChI=1S/C12H14F5NO/c1-3-18-10(12(16,17)11(14)15)8-6-7(13)4-5-9(8)19-2/h4-6,10-11,18H,3H2,1-2H3. The number of benzene rings is 1. The van der Waals surface area contributed by atoms with Gasteiger partial charge in [0.25, 0.3) is 0 Å². The van der Waals surface area contributed by atoms with Crippen molar-refractivity contribution in [3.8, 4) is 5.75 Å². The number of hydrogen-bond donors (Lipinski definition) is 1. The molecule has 1 N–H and O–H groups in total. The van der Waals surface area contributed by atoms with E-state index >= 15 is 0 Å². The molecule has 0 aliphatic carbocycles. The summed E-state index contributed by atoms with van der Waals surface area (Å²) < 4.78 is 70.0. The second-order valence-corrected chi connectivity index (χ2v) is 3.85. The average molecular weight is 283 g/mol. The first-order valence-corrected chi connectivity index (χ1v) is 5.57. The summed E-state index contributed by atoms with van der Waals surface area (Å²) >= 11 is 0. The first kappa shape index (κ1) is 15.7. The molecule has 1 atom stereocenters. The van der Waals surface area contributed by atoms with Crippen LogP contribution in [0, 0.1) is 5.82 Å². The number of halogens is 5. The van der Waals surface area contributed by atoms with E-state index in [0.29, 0.717) is 0 Å². The van der Waals surface area contributed by atoms with Crippen molar-refractivity contribution < 1.29 is 26.7 Å². The summed E-state index contributed by atoms with van der Waals surface area (Å²) in [7, 11) is 1.19. The molecule has 0 heterocycles. The van der Waals surface area contributed by atoms with Crippen molar-refractivity contribution in [2.24, 2.45) is 0 Å². The molecular formula is C12H14F5NO. The second-order valence-electron chi connectivity index (χ2n) is 3.85. The molecule has 1 unspecified atom stereocenters.